The zero-order valence-corrected chi connectivity index (χ0v) is 22.6. The minimum atomic E-state index is -1.29. The van der Waals surface area contributed by atoms with Gasteiger partial charge in [-0.05, 0) is 67.8 Å². The van der Waals surface area contributed by atoms with E-state index in [4.69, 9.17) is 14.2 Å². The molecule has 1 heterocycles. The zero-order chi connectivity index (χ0) is 29.7. The van der Waals surface area contributed by atoms with Crippen molar-refractivity contribution in [2.75, 3.05) is 24.4 Å². The first-order valence-electron chi connectivity index (χ1n) is 13.2. The molecular weight excluding hydrogens is 548 g/mol. The summed E-state index contributed by atoms with van der Waals surface area (Å²) in [4.78, 5) is 40.7. The number of carbonyl (C=O) groups excluding carboxylic acids is 3. The molecule has 11 heteroatoms. The Labute approximate surface area is 239 Å². The van der Waals surface area contributed by atoms with Crippen LogP contribution in [0.5, 0.6) is 23.0 Å². The molecule has 1 saturated carbocycles. The van der Waals surface area contributed by atoms with E-state index in [-0.39, 0.29) is 11.4 Å². The number of halogens is 2. The number of unbranched alkanes of at least 4 members (excludes halogenated alkanes) is 1. The monoisotopic (exact) mass is 575 g/mol. The van der Waals surface area contributed by atoms with Gasteiger partial charge in [-0.3, -0.25) is 14.6 Å². The van der Waals surface area contributed by atoms with Crippen molar-refractivity contribution in [1.82, 2.24) is 4.98 Å². The van der Waals surface area contributed by atoms with Gasteiger partial charge in [0, 0.05) is 41.5 Å². The third kappa shape index (κ3) is 6.14. The third-order valence-corrected chi connectivity index (χ3v) is 6.84. The lowest BCUT2D eigenvalue weighted by Crippen LogP contribution is -2.35. The van der Waals surface area contributed by atoms with Crippen LogP contribution in [0.3, 0.4) is 0 Å². The summed E-state index contributed by atoms with van der Waals surface area (Å²) < 4.78 is 45.3. The fourth-order valence-electron chi connectivity index (χ4n) is 4.34. The lowest BCUT2D eigenvalue weighted by molar-refractivity contribution is -0.131. The van der Waals surface area contributed by atoms with Gasteiger partial charge in [0.25, 0.3) is 0 Å². The van der Waals surface area contributed by atoms with Crippen LogP contribution in [0, 0.1) is 17.0 Å². The number of hydrogen-bond acceptors (Lipinski definition) is 7. The molecule has 9 nitrogen and oxygen atoms in total. The first-order chi connectivity index (χ1) is 20.3. The van der Waals surface area contributed by atoms with Gasteiger partial charge in [-0.25, -0.2) is 8.78 Å². The second kappa shape index (κ2) is 12.2. The number of anilines is 2. The van der Waals surface area contributed by atoms with Crippen molar-refractivity contribution in [2.45, 2.75) is 25.7 Å². The summed E-state index contributed by atoms with van der Waals surface area (Å²) in [6, 6.07) is 14.1. The van der Waals surface area contributed by atoms with Gasteiger partial charge in [-0.2, -0.15) is 0 Å². The second-order valence-corrected chi connectivity index (χ2v) is 9.73. The summed E-state index contributed by atoms with van der Waals surface area (Å²) in [6.07, 6.45) is 3.94. The highest BCUT2D eigenvalue weighted by atomic mass is 19.1. The normalized spacial score (nSPS) is 13.2. The Balaban J connectivity index is 1.28. The number of pyridine rings is 1. The number of nitrogens with one attached hydrogen (secondary N) is 2. The van der Waals surface area contributed by atoms with Crippen molar-refractivity contribution in [3.8, 4) is 23.0 Å². The number of aldehydes is 1. The molecule has 1 aromatic heterocycles. The van der Waals surface area contributed by atoms with Crippen molar-refractivity contribution in [3.63, 3.8) is 0 Å². The lowest BCUT2D eigenvalue weighted by Gasteiger charge is -2.16. The molecule has 0 radical (unpaired) electrons. The molecule has 3 aromatic carbocycles. The lowest BCUT2D eigenvalue weighted by atomic mass is 10.0. The van der Waals surface area contributed by atoms with E-state index in [1.807, 2.05) is 0 Å². The molecular formula is C31H27F2N3O6. The van der Waals surface area contributed by atoms with Crippen LogP contribution < -0.4 is 24.8 Å². The number of ether oxygens (including phenoxy) is 3. The van der Waals surface area contributed by atoms with E-state index < -0.39 is 28.9 Å². The summed E-state index contributed by atoms with van der Waals surface area (Å²) in [6.45, 7) is 0.324. The summed E-state index contributed by atoms with van der Waals surface area (Å²) in [5, 5.41) is 5.80. The Morgan fingerprint density at radius 1 is 0.905 bits per heavy atom. The summed E-state index contributed by atoms with van der Waals surface area (Å²) in [5.74, 6) is -1.16. The first kappa shape index (κ1) is 28.5. The predicted molar refractivity (Wildman–Crippen MR) is 151 cm³/mol. The first-order valence-corrected chi connectivity index (χ1v) is 13.2. The Morgan fingerprint density at radius 2 is 1.62 bits per heavy atom. The number of fused-ring (bicyclic) bond motifs is 1. The van der Waals surface area contributed by atoms with E-state index in [2.05, 4.69) is 15.6 Å². The molecule has 1 aliphatic rings. The number of nitrogens with zero attached hydrogens (tertiary/aromatic N) is 1. The fourth-order valence-corrected chi connectivity index (χ4v) is 4.34. The van der Waals surface area contributed by atoms with Gasteiger partial charge in [0.05, 0.1) is 19.2 Å². The van der Waals surface area contributed by atoms with Crippen LogP contribution in [0.25, 0.3) is 10.9 Å². The largest absolute Gasteiger partial charge is 0.493 e. The van der Waals surface area contributed by atoms with Crippen molar-refractivity contribution in [3.05, 3.63) is 78.5 Å². The summed E-state index contributed by atoms with van der Waals surface area (Å²) in [7, 11) is 1.49. The molecule has 1 fully saturated rings. The predicted octanol–water partition coefficient (Wildman–Crippen LogP) is 6.03. The molecule has 5 rings (SSSR count). The van der Waals surface area contributed by atoms with Crippen LogP contribution in [0.4, 0.5) is 20.2 Å². The van der Waals surface area contributed by atoms with Crippen molar-refractivity contribution < 1.29 is 37.4 Å². The Hall–Kier alpha value is -5.06. The van der Waals surface area contributed by atoms with Crippen LogP contribution in [0.1, 0.15) is 25.7 Å². The minimum absolute atomic E-state index is 0.0937. The molecule has 216 valence electrons. The Kier molecular flexibility index (Phi) is 8.28. The molecule has 0 bridgehead atoms. The van der Waals surface area contributed by atoms with Gasteiger partial charge in [0.15, 0.2) is 23.1 Å². The van der Waals surface area contributed by atoms with E-state index in [1.165, 1.54) is 49.7 Å². The number of rotatable bonds is 12. The molecule has 0 saturated heterocycles. The maximum absolute atomic E-state index is 15.1. The van der Waals surface area contributed by atoms with Gasteiger partial charge < -0.3 is 29.6 Å². The molecule has 0 spiro atoms. The van der Waals surface area contributed by atoms with E-state index in [0.717, 1.165) is 12.4 Å². The smallest absolute Gasteiger partial charge is 0.240 e. The topological polar surface area (TPSA) is 116 Å². The summed E-state index contributed by atoms with van der Waals surface area (Å²) in [5.41, 5.74) is -0.237. The molecule has 42 heavy (non-hydrogen) atoms. The maximum atomic E-state index is 15.1. The highest BCUT2D eigenvalue weighted by Crippen LogP contribution is 2.47. The van der Waals surface area contributed by atoms with Gasteiger partial charge in [-0.1, -0.05) is 0 Å². The van der Waals surface area contributed by atoms with Crippen LogP contribution in [0.15, 0.2) is 66.9 Å². The SMILES string of the molecule is COc1cc2c(Oc3ccc(NC(=O)C4(C(=O)Nc5ccc(F)cc5)CC4)cc3F)ccnc2cc1OCCCC=O. The number of aromatic nitrogens is 1. The molecule has 0 atom stereocenters. The molecule has 2 amide bonds. The molecule has 0 aliphatic heterocycles. The third-order valence-electron chi connectivity index (χ3n) is 6.84. The number of hydrogen-bond donors (Lipinski definition) is 2. The van der Waals surface area contributed by atoms with Crippen molar-refractivity contribution in [2.24, 2.45) is 5.41 Å². The molecule has 4 aromatic rings. The van der Waals surface area contributed by atoms with E-state index in [0.29, 0.717) is 66.1 Å². The van der Waals surface area contributed by atoms with E-state index in [1.54, 1.807) is 18.2 Å². The van der Waals surface area contributed by atoms with Crippen LogP contribution >= 0.6 is 0 Å². The summed E-state index contributed by atoms with van der Waals surface area (Å²) >= 11 is 0. The highest BCUT2D eigenvalue weighted by Gasteiger charge is 2.56. The number of carbonyl (C=O) groups is 3. The quantitative estimate of drug-likeness (QED) is 0.120. The van der Waals surface area contributed by atoms with E-state index >= 15 is 4.39 Å². The standard InChI is InChI=1S/C31H27F2N3O6/c1-40-27-17-22-24(18-28(27)41-15-3-2-14-37)34-13-10-25(22)42-26-9-8-21(16-23(26)33)36-30(39)31(11-12-31)29(38)35-20-6-4-19(32)5-7-20/h4-10,13-14,16-18H,2-3,11-12,15H2,1H3,(H,35,38)(H,36,39). The number of amides is 2. The van der Waals surface area contributed by atoms with Crippen LogP contribution in [-0.4, -0.2) is 36.8 Å². The zero-order valence-electron chi connectivity index (χ0n) is 22.6. The maximum Gasteiger partial charge on any atom is 0.240 e. The Bertz CT molecular complexity index is 1640. The Morgan fingerprint density at radius 3 is 2.29 bits per heavy atom. The molecule has 2 N–H and O–H groups in total. The average molecular weight is 576 g/mol. The van der Waals surface area contributed by atoms with Gasteiger partial charge in [0.2, 0.25) is 11.8 Å². The van der Waals surface area contributed by atoms with Crippen LogP contribution in [0.2, 0.25) is 0 Å². The van der Waals surface area contributed by atoms with Crippen molar-refractivity contribution in [1.29, 1.82) is 0 Å². The molecule has 0 unspecified atom stereocenters. The molecule has 1 aliphatic carbocycles. The number of benzene rings is 3. The fraction of sp³-hybridized carbons (Fsp3) is 0.226. The van der Waals surface area contributed by atoms with Gasteiger partial charge in [-0.15, -0.1) is 0 Å². The van der Waals surface area contributed by atoms with Gasteiger partial charge >= 0.3 is 0 Å². The highest BCUT2D eigenvalue weighted by molar-refractivity contribution is 6.16. The average Bonchev–Trinajstić information content (AvgIpc) is 3.80. The second-order valence-electron chi connectivity index (χ2n) is 9.73. The van der Waals surface area contributed by atoms with Gasteiger partial charge in [0.1, 0.15) is 23.3 Å². The minimum Gasteiger partial charge on any atom is -0.493 e. The number of methoxy groups -OCH3 is 1. The van der Waals surface area contributed by atoms with E-state index in [9.17, 15) is 18.8 Å². The van der Waals surface area contributed by atoms with Crippen LogP contribution in [-0.2, 0) is 14.4 Å². The van der Waals surface area contributed by atoms with Crippen molar-refractivity contribution >= 4 is 40.4 Å².